The van der Waals surface area contributed by atoms with Crippen LogP contribution >= 0.6 is 0 Å². The largest absolute Gasteiger partial charge is 0.462 e. The van der Waals surface area contributed by atoms with Crippen molar-refractivity contribution in [3.63, 3.8) is 0 Å². The van der Waals surface area contributed by atoms with Gasteiger partial charge in [-0.1, -0.05) is 0 Å². The lowest BCUT2D eigenvalue weighted by molar-refractivity contribution is 0.171. The molecule has 1 aromatic heterocycles. The maximum atomic E-state index is 8.99. The third kappa shape index (κ3) is 3.33. The molecule has 1 heterocycles. The van der Waals surface area contributed by atoms with Gasteiger partial charge in [-0.15, -0.1) is 0 Å². The molecular formula is C12H19NO3. The van der Waals surface area contributed by atoms with Crippen LogP contribution < -0.4 is 0 Å². The summed E-state index contributed by atoms with van der Waals surface area (Å²) in [5.41, 5.74) is 0. The smallest absolute Gasteiger partial charge is 0.129 e. The summed E-state index contributed by atoms with van der Waals surface area (Å²) in [6.45, 7) is 2.57. The van der Waals surface area contributed by atoms with Gasteiger partial charge in [0, 0.05) is 13.1 Å². The summed E-state index contributed by atoms with van der Waals surface area (Å²) in [6.07, 6.45) is 2.62. The zero-order valence-corrected chi connectivity index (χ0v) is 9.43. The SMILES string of the molecule is OCCN(Cc1ccc(CO)o1)CC1CC1. The van der Waals surface area contributed by atoms with E-state index in [0.717, 1.165) is 24.8 Å². The van der Waals surface area contributed by atoms with Crippen molar-refractivity contribution in [3.05, 3.63) is 23.7 Å². The van der Waals surface area contributed by atoms with Crippen molar-refractivity contribution in [3.8, 4) is 0 Å². The third-order valence-corrected chi connectivity index (χ3v) is 2.88. The second kappa shape index (κ2) is 5.48. The molecule has 0 aromatic carbocycles. The lowest BCUT2D eigenvalue weighted by Crippen LogP contribution is -2.28. The van der Waals surface area contributed by atoms with E-state index in [9.17, 15) is 0 Å². The fourth-order valence-corrected chi connectivity index (χ4v) is 1.85. The fraction of sp³-hybridized carbons (Fsp3) is 0.667. The van der Waals surface area contributed by atoms with Gasteiger partial charge >= 0.3 is 0 Å². The molecule has 16 heavy (non-hydrogen) atoms. The van der Waals surface area contributed by atoms with Gasteiger partial charge in [-0.25, -0.2) is 0 Å². The first-order chi connectivity index (χ1) is 7.81. The van der Waals surface area contributed by atoms with Crippen molar-refractivity contribution in [2.24, 2.45) is 5.92 Å². The first kappa shape index (κ1) is 11.6. The molecule has 0 atom stereocenters. The highest BCUT2D eigenvalue weighted by Gasteiger charge is 2.24. The second-order valence-electron chi connectivity index (χ2n) is 4.43. The Balaban J connectivity index is 1.87. The molecule has 1 fully saturated rings. The van der Waals surface area contributed by atoms with Crippen LogP contribution in [0.2, 0.25) is 0 Å². The monoisotopic (exact) mass is 225 g/mol. The van der Waals surface area contributed by atoms with Gasteiger partial charge in [0.25, 0.3) is 0 Å². The van der Waals surface area contributed by atoms with E-state index in [1.54, 1.807) is 6.07 Å². The minimum absolute atomic E-state index is 0.0530. The number of hydrogen-bond donors (Lipinski definition) is 2. The van der Waals surface area contributed by atoms with E-state index in [2.05, 4.69) is 4.90 Å². The van der Waals surface area contributed by atoms with E-state index in [-0.39, 0.29) is 13.2 Å². The van der Waals surface area contributed by atoms with Crippen molar-refractivity contribution in [2.75, 3.05) is 19.7 Å². The van der Waals surface area contributed by atoms with Gasteiger partial charge in [-0.05, 0) is 30.9 Å². The van der Waals surface area contributed by atoms with Crippen LogP contribution in [0.25, 0.3) is 0 Å². The van der Waals surface area contributed by atoms with Gasteiger partial charge in [-0.3, -0.25) is 4.90 Å². The lowest BCUT2D eigenvalue weighted by Gasteiger charge is -2.19. The van der Waals surface area contributed by atoms with Crippen molar-refractivity contribution in [2.45, 2.75) is 26.0 Å². The molecule has 0 amide bonds. The average molecular weight is 225 g/mol. The summed E-state index contributed by atoms with van der Waals surface area (Å²) in [7, 11) is 0. The number of rotatable bonds is 7. The Kier molecular flexibility index (Phi) is 3.98. The van der Waals surface area contributed by atoms with Gasteiger partial charge in [0.1, 0.15) is 18.1 Å². The predicted octanol–water partition coefficient (Wildman–Crippen LogP) is 0.976. The zero-order valence-electron chi connectivity index (χ0n) is 9.43. The molecule has 1 saturated carbocycles. The number of hydrogen-bond acceptors (Lipinski definition) is 4. The molecule has 90 valence electrons. The Morgan fingerprint density at radius 2 is 2.00 bits per heavy atom. The Morgan fingerprint density at radius 3 is 2.56 bits per heavy atom. The molecule has 0 bridgehead atoms. The summed E-state index contributed by atoms with van der Waals surface area (Å²) in [4.78, 5) is 2.21. The number of aliphatic hydroxyl groups is 2. The van der Waals surface area contributed by atoms with Crippen LogP contribution in [0.1, 0.15) is 24.4 Å². The van der Waals surface area contributed by atoms with Crippen LogP contribution in [0.15, 0.2) is 16.5 Å². The first-order valence-electron chi connectivity index (χ1n) is 5.83. The molecule has 0 spiro atoms. The van der Waals surface area contributed by atoms with Gasteiger partial charge < -0.3 is 14.6 Å². The van der Waals surface area contributed by atoms with Crippen molar-refractivity contribution < 1.29 is 14.6 Å². The Labute approximate surface area is 95.5 Å². The average Bonchev–Trinajstić information content (AvgIpc) is 2.96. The number of nitrogens with zero attached hydrogens (tertiary/aromatic N) is 1. The van der Waals surface area contributed by atoms with E-state index >= 15 is 0 Å². The van der Waals surface area contributed by atoms with Crippen molar-refractivity contribution >= 4 is 0 Å². The topological polar surface area (TPSA) is 56.8 Å². The molecule has 2 N–H and O–H groups in total. The molecule has 1 aliphatic carbocycles. The molecule has 4 nitrogen and oxygen atoms in total. The standard InChI is InChI=1S/C12H19NO3/c14-6-5-13(7-10-1-2-10)8-11-3-4-12(9-15)16-11/h3-4,10,14-15H,1-2,5-9H2. The molecule has 0 saturated heterocycles. The van der Waals surface area contributed by atoms with Crippen LogP contribution in [0.3, 0.4) is 0 Å². The minimum Gasteiger partial charge on any atom is -0.462 e. The molecule has 4 heteroatoms. The van der Waals surface area contributed by atoms with Crippen molar-refractivity contribution in [1.29, 1.82) is 0 Å². The predicted molar refractivity (Wildman–Crippen MR) is 59.7 cm³/mol. The van der Waals surface area contributed by atoms with E-state index < -0.39 is 0 Å². The first-order valence-corrected chi connectivity index (χ1v) is 5.83. The van der Waals surface area contributed by atoms with Gasteiger partial charge in [0.15, 0.2) is 0 Å². The van der Waals surface area contributed by atoms with Crippen LogP contribution in [0.5, 0.6) is 0 Å². The van der Waals surface area contributed by atoms with Gasteiger partial charge in [-0.2, -0.15) is 0 Å². The van der Waals surface area contributed by atoms with Crippen LogP contribution in [-0.2, 0) is 13.2 Å². The Hall–Kier alpha value is -0.840. The minimum atomic E-state index is -0.0530. The quantitative estimate of drug-likeness (QED) is 0.726. The normalized spacial score (nSPS) is 15.9. The zero-order chi connectivity index (χ0) is 11.4. The summed E-state index contributed by atoms with van der Waals surface area (Å²) in [5.74, 6) is 2.27. The van der Waals surface area contributed by atoms with Gasteiger partial charge in [0.05, 0.1) is 13.2 Å². The summed E-state index contributed by atoms with van der Waals surface area (Å²) in [6, 6.07) is 3.69. The third-order valence-electron chi connectivity index (χ3n) is 2.88. The van der Waals surface area contributed by atoms with E-state index in [1.807, 2.05) is 6.07 Å². The molecule has 2 rings (SSSR count). The second-order valence-corrected chi connectivity index (χ2v) is 4.43. The van der Waals surface area contributed by atoms with E-state index in [0.29, 0.717) is 12.3 Å². The molecular weight excluding hydrogens is 206 g/mol. The maximum Gasteiger partial charge on any atom is 0.129 e. The molecule has 0 radical (unpaired) electrons. The Morgan fingerprint density at radius 1 is 1.25 bits per heavy atom. The van der Waals surface area contributed by atoms with Crippen LogP contribution in [0.4, 0.5) is 0 Å². The fourth-order valence-electron chi connectivity index (χ4n) is 1.85. The molecule has 0 unspecified atom stereocenters. The van der Waals surface area contributed by atoms with Crippen LogP contribution in [-0.4, -0.2) is 34.8 Å². The highest BCUT2D eigenvalue weighted by atomic mass is 16.4. The summed E-state index contributed by atoms with van der Waals surface area (Å²) < 4.78 is 5.44. The summed E-state index contributed by atoms with van der Waals surface area (Å²) in [5, 5.41) is 17.9. The maximum absolute atomic E-state index is 8.99. The van der Waals surface area contributed by atoms with Gasteiger partial charge in [0.2, 0.25) is 0 Å². The molecule has 1 aliphatic rings. The Bertz CT molecular complexity index is 320. The highest BCUT2D eigenvalue weighted by molar-refractivity contribution is 5.06. The highest BCUT2D eigenvalue weighted by Crippen LogP contribution is 2.30. The van der Waals surface area contributed by atoms with Crippen LogP contribution in [0, 0.1) is 5.92 Å². The number of aliphatic hydroxyl groups excluding tert-OH is 2. The van der Waals surface area contributed by atoms with E-state index in [4.69, 9.17) is 14.6 Å². The summed E-state index contributed by atoms with van der Waals surface area (Å²) >= 11 is 0. The molecule has 1 aromatic rings. The lowest BCUT2D eigenvalue weighted by atomic mass is 10.3. The van der Waals surface area contributed by atoms with Crippen molar-refractivity contribution in [1.82, 2.24) is 4.90 Å². The van der Waals surface area contributed by atoms with E-state index in [1.165, 1.54) is 12.8 Å². The number of furan rings is 1. The molecule has 0 aliphatic heterocycles.